The van der Waals surface area contributed by atoms with E-state index in [9.17, 15) is 13.2 Å². The number of aryl methyl sites for hydroxylation is 1. The van der Waals surface area contributed by atoms with Crippen molar-refractivity contribution in [2.75, 3.05) is 11.9 Å². The van der Waals surface area contributed by atoms with Crippen molar-refractivity contribution >= 4 is 56.4 Å². The van der Waals surface area contributed by atoms with Gasteiger partial charge in [-0.25, -0.2) is 8.42 Å². The average molecular weight is 498 g/mol. The first-order chi connectivity index (χ1) is 14.7. The number of nitrogens with zero attached hydrogens (tertiary/aromatic N) is 1. The molecule has 0 aliphatic carbocycles. The van der Waals surface area contributed by atoms with E-state index in [4.69, 9.17) is 34.8 Å². The summed E-state index contributed by atoms with van der Waals surface area (Å²) in [5.74, 6) is -0.510. The van der Waals surface area contributed by atoms with Crippen LogP contribution in [0.4, 0.5) is 5.69 Å². The van der Waals surface area contributed by atoms with Gasteiger partial charge in [-0.15, -0.1) is 0 Å². The van der Waals surface area contributed by atoms with Crippen LogP contribution in [0.25, 0.3) is 0 Å². The number of hydrogen-bond acceptors (Lipinski definition) is 3. The zero-order valence-electron chi connectivity index (χ0n) is 16.5. The highest BCUT2D eigenvalue weighted by molar-refractivity contribution is 7.89. The van der Waals surface area contributed by atoms with Crippen LogP contribution in [0.15, 0.2) is 71.6 Å². The molecular formula is C22H19Cl3N2O3S. The summed E-state index contributed by atoms with van der Waals surface area (Å²) < 4.78 is 27.6. The highest BCUT2D eigenvalue weighted by Gasteiger charge is 2.27. The molecule has 31 heavy (non-hydrogen) atoms. The van der Waals surface area contributed by atoms with Crippen molar-refractivity contribution in [3.8, 4) is 0 Å². The second-order valence-corrected chi connectivity index (χ2v) is 10.0. The quantitative estimate of drug-likeness (QED) is 0.449. The summed E-state index contributed by atoms with van der Waals surface area (Å²) in [6.07, 6.45) is 0. The molecule has 0 radical (unpaired) electrons. The summed E-state index contributed by atoms with van der Waals surface area (Å²) in [6, 6.07) is 17.8. The molecule has 3 rings (SSSR count). The fourth-order valence-corrected chi connectivity index (χ4v) is 4.88. The molecule has 0 heterocycles. The molecule has 5 nitrogen and oxygen atoms in total. The fraction of sp³-hybridized carbons (Fsp3) is 0.136. The summed E-state index contributed by atoms with van der Waals surface area (Å²) in [5.41, 5.74) is 1.87. The smallest absolute Gasteiger partial charge is 0.243 e. The Morgan fingerprint density at radius 1 is 0.935 bits per heavy atom. The highest BCUT2D eigenvalue weighted by Crippen LogP contribution is 2.25. The van der Waals surface area contributed by atoms with Crippen LogP contribution in [0.2, 0.25) is 15.1 Å². The van der Waals surface area contributed by atoms with Gasteiger partial charge in [0.1, 0.15) is 0 Å². The minimum Gasteiger partial charge on any atom is -0.325 e. The Morgan fingerprint density at radius 2 is 1.65 bits per heavy atom. The number of hydrogen-bond donors (Lipinski definition) is 1. The zero-order valence-corrected chi connectivity index (χ0v) is 19.6. The fourth-order valence-electron chi connectivity index (χ4n) is 2.84. The van der Waals surface area contributed by atoms with Gasteiger partial charge >= 0.3 is 0 Å². The molecule has 0 unspecified atom stereocenters. The maximum absolute atomic E-state index is 13.3. The molecule has 9 heteroatoms. The minimum absolute atomic E-state index is 0.0752. The molecule has 0 spiro atoms. The first-order valence-corrected chi connectivity index (χ1v) is 11.8. The van der Waals surface area contributed by atoms with E-state index in [1.54, 1.807) is 48.5 Å². The number of carbonyl (C=O) groups is 1. The maximum Gasteiger partial charge on any atom is 0.243 e. The van der Waals surface area contributed by atoms with Gasteiger partial charge in [0.2, 0.25) is 15.9 Å². The van der Waals surface area contributed by atoms with Crippen LogP contribution < -0.4 is 5.32 Å². The van der Waals surface area contributed by atoms with E-state index in [1.807, 2.05) is 6.92 Å². The van der Waals surface area contributed by atoms with E-state index in [0.29, 0.717) is 26.3 Å². The SMILES string of the molecule is Cc1ccc(NC(=O)CN(Cc2ccc(Cl)cc2Cl)S(=O)(=O)c2ccccc2)cc1Cl. The number of sulfonamides is 1. The van der Waals surface area contributed by atoms with E-state index in [-0.39, 0.29) is 11.4 Å². The molecule has 162 valence electrons. The number of benzene rings is 3. The normalized spacial score (nSPS) is 11.5. The van der Waals surface area contributed by atoms with Gasteiger partial charge in [0.15, 0.2) is 0 Å². The van der Waals surface area contributed by atoms with Crippen LogP contribution in [0.5, 0.6) is 0 Å². The predicted molar refractivity (Wildman–Crippen MR) is 125 cm³/mol. The Morgan fingerprint density at radius 3 is 2.29 bits per heavy atom. The minimum atomic E-state index is -3.97. The molecule has 0 saturated heterocycles. The van der Waals surface area contributed by atoms with Crippen LogP contribution in [-0.4, -0.2) is 25.2 Å². The van der Waals surface area contributed by atoms with Gasteiger partial charge in [-0.05, 0) is 54.4 Å². The van der Waals surface area contributed by atoms with Crippen molar-refractivity contribution in [1.29, 1.82) is 0 Å². The van der Waals surface area contributed by atoms with E-state index in [0.717, 1.165) is 9.87 Å². The number of rotatable bonds is 7. The molecule has 0 bridgehead atoms. The number of halogens is 3. The molecule has 1 N–H and O–H groups in total. The largest absolute Gasteiger partial charge is 0.325 e. The lowest BCUT2D eigenvalue weighted by Gasteiger charge is -2.22. The molecule has 3 aromatic rings. The molecule has 0 aliphatic rings. The van der Waals surface area contributed by atoms with Crippen molar-refractivity contribution in [2.24, 2.45) is 0 Å². The third-order valence-corrected chi connectivity index (χ3v) is 7.32. The monoisotopic (exact) mass is 496 g/mol. The highest BCUT2D eigenvalue weighted by atomic mass is 35.5. The second-order valence-electron chi connectivity index (χ2n) is 6.83. The van der Waals surface area contributed by atoms with Crippen LogP contribution in [0, 0.1) is 6.92 Å². The van der Waals surface area contributed by atoms with Crippen molar-refractivity contribution in [3.63, 3.8) is 0 Å². The summed E-state index contributed by atoms with van der Waals surface area (Å²) in [6.45, 7) is 1.33. The standard InChI is InChI=1S/C22H19Cl3N2O3S/c1-15-7-10-18(12-20(15)24)26-22(28)14-27(13-16-8-9-17(23)11-21(16)25)31(29,30)19-5-3-2-4-6-19/h2-12H,13-14H2,1H3,(H,26,28). The van der Waals surface area contributed by atoms with Crippen molar-refractivity contribution in [3.05, 3.63) is 92.9 Å². The molecule has 0 atom stereocenters. The summed E-state index contributed by atoms with van der Waals surface area (Å²) >= 11 is 18.3. The van der Waals surface area contributed by atoms with Crippen molar-refractivity contribution < 1.29 is 13.2 Å². The van der Waals surface area contributed by atoms with E-state index in [1.165, 1.54) is 18.2 Å². The second kappa shape index (κ2) is 10.0. The van der Waals surface area contributed by atoms with E-state index >= 15 is 0 Å². The number of anilines is 1. The maximum atomic E-state index is 13.3. The topological polar surface area (TPSA) is 66.5 Å². The van der Waals surface area contributed by atoms with E-state index < -0.39 is 22.5 Å². The summed E-state index contributed by atoms with van der Waals surface area (Å²) in [4.78, 5) is 12.8. The van der Waals surface area contributed by atoms with Gasteiger partial charge in [-0.3, -0.25) is 4.79 Å². The van der Waals surface area contributed by atoms with Crippen LogP contribution in [-0.2, 0) is 21.4 Å². The van der Waals surface area contributed by atoms with Crippen LogP contribution >= 0.6 is 34.8 Å². The lowest BCUT2D eigenvalue weighted by atomic mass is 10.2. The zero-order chi connectivity index (χ0) is 22.6. The predicted octanol–water partition coefficient (Wildman–Crippen LogP) is 5.78. The average Bonchev–Trinajstić information content (AvgIpc) is 2.72. The van der Waals surface area contributed by atoms with Gasteiger partial charge in [-0.1, -0.05) is 65.1 Å². The number of carbonyl (C=O) groups excluding carboxylic acids is 1. The van der Waals surface area contributed by atoms with Gasteiger partial charge in [0.25, 0.3) is 0 Å². The Labute approximate surface area is 196 Å². The van der Waals surface area contributed by atoms with Crippen molar-refractivity contribution in [2.45, 2.75) is 18.4 Å². The summed E-state index contributed by atoms with van der Waals surface area (Å²) in [7, 11) is -3.97. The van der Waals surface area contributed by atoms with Crippen LogP contribution in [0.1, 0.15) is 11.1 Å². The van der Waals surface area contributed by atoms with Gasteiger partial charge < -0.3 is 5.32 Å². The molecule has 3 aromatic carbocycles. The van der Waals surface area contributed by atoms with Gasteiger partial charge in [-0.2, -0.15) is 4.31 Å². The molecule has 0 aromatic heterocycles. The molecular weight excluding hydrogens is 479 g/mol. The molecule has 1 amide bonds. The van der Waals surface area contributed by atoms with Crippen molar-refractivity contribution in [1.82, 2.24) is 4.31 Å². The molecule has 0 saturated carbocycles. The van der Waals surface area contributed by atoms with Gasteiger partial charge in [0.05, 0.1) is 11.4 Å². The Hall–Kier alpha value is -2.09. The lowest BCUT2D eigenvalue weighted by Crippen LogP contribution is -2.37. The number of nitrogens with one attached hydrogen (secondary N) is 1. The number of amides is 1. The van der Waals surface area contributed by atoms with Gasteiger partial charge in [0, 0.05) is 27.3 Å². The Balaban J connectivity index is 1.89. The van der Waals surface area contributed by atoms with E-state index in [2.05, 4.69) is 5.32 Å². The lowest BCUT2D eigenvalue weighted by molar-refractivity contribution is -0.116. The first kappa shape index (κ1) is 23.6. The molecule has 0 aliphatic heterocycles. The third-order valence-electron chi connectivity index (χ3n) is 4.52. The molecule has 0 fully saturated rings. The Kier molecular flexibility index (Phi) is 7.62. The summed E-state index contributed by atoms with van der Waals surface area (Å²) in [5, 5.41) is 3.93. The van der Waals surface area contributed by atoms with Crippen LogP contribution in [0.3, 0.4) is 0 Å². The Bertz CT molecular complexity index is 1200. The first-order valence-electron chi connectivity index (χ1n) is 9.22. The third kappa shape index (κ3) is 5.99.